The Labute approximate surface area is 138 Å². The van der Waals surface area contributed by atoms with E-state index in [9.17, 15) is 9.18 Å². The molecule has 0 aliphatic carbocycles. The van der Waals surface area contributed by atoms with Crippen molar-refractivity contribution in [3.63, 3.8) is 0 Å². The Balaban J connectivity index is 1.62. The van der Waals surface area contributed by atoms with E-state index in [1.807, 2.05) is 0 Å². The molecule has 1 amide bonds. The van der Waals surface area contributed by atoms with Crippen LogP contribution in [-0.2, 0) is 0 Å². The minimum atomic E-state index is -0.599. The molecule has 23 heavy (non-hydrogen) atoms. The molecule has 0 radical (unpaired) electrons. The highest BCUT2D eigenvalue weighted by atomic mass is 35.5. The summed E-state index contributed by atoms with van der Waals surface area (Å²) in [4.78, 5) is 22.1. The number of halogens is 2. The van der Waals surface area contributed by atoms with E-state index in [1.54, 1.807) is 23.4 Å². The van der Waals surface area contributed by atoms with Gasteiger partial charge in [-0.3, -0.25) is 4.79 Å². The minimum absolute atomic E-state index is 0.0578. The van der Waals surface area contributed by atoms with Gasteiger partial charge in [-0.05, 0) is 18.2 Å². The van der Waals surface area contributed by atoms with Crippen molar-refractivity contribution < 1.29 is 13.9 Å². The van der Waals surface area contributed by atoms with Crippen molar-refractivity contribution in [2.24, 2.45) is 0 Å². The van der Waals surface area contributed by atoms with Gasteiger partial charge in [0, 0.05) is 38.3 Å². The summed E-state index contributed by atoms with van der Waals surface area (Å²) in [5.41, 5.74) is -0.0695. The van der Waals surface area contributed by atoms with Gasteiger partial charge in [0.05, 0.1) is 10.6 Å². The van der Waals surface area contributed by atoms with Crippen LogP contribution in [0.4, 0.5) is 4.39 Å². The van der Waals surface area contributed by atoms with Crippen LogP contribution in [0.5, 0.6) is 6.01 Å². The topological polar surface area (TPSA) is 55.3 Å². The third kappa shape index (κ3) is 3.59. The monoisotopic (exact) mass is 335 g/mol. The molecule has 1 aromatic heterocycles. The van der Waals surface area contributed by atoms with Gasteiger partial charge >= 0.3 is 6.01 Å². The van der Waals surface area contributed by atoms with Crippen LogP contribution in [0.1, 0.15) is 23.2 Å². The van der Waals surface area contributed by atoms with Crippen LogP contribution in [0.25, 0.3) is 0 Å². The predicted molar refractivity (Wildman–Crippen MR) is 83.0 cm³/mol. The number of hydrogen-bond acceptors (Lipinski definition) is 4. The lowest BCUT2D eigenvalue weighted by molar-refractivity contribution is 0.0575. The molecule has 0 spiro atoms. The van der Waals surface area contributed by atoms with Crippen LogP contribution >= 0.6 is 11.6 Å². The maximum Gasteiger partial charge on any atom is 0.316 e. The Morgan fingerprint density at radius 1 is 1.22 bits per heavy atom. The molecule has 2 aromatic rings. The third-order valence-electron chi connectivity index (χ3n) is 3.72. The molecule has 120 valence electrons. The van der Waals surface area contributed by atoms with Crippen molar-refractivity contribution in [1.82, 2.24) is 14.9 Å². The second-order valence-corrected chi connectivity index (χ2v) is 5.64. The van der Waals surface area contributed by atoms with Crippen molar-refractivity contribution in [3.05, 3.63) is 53.1 Å². The van der Waals surface area contributed by atoms with Crippen LogP contribution in [0.3, 0.4) is 0 Å². The summed E-state index contributed by atoms with van der Waals surface area (Å²) in [6.07, 6.45) is 4.44. The standard InChI is InChI=1S/C16H15ClFN3O2/c17-12-3-1-4-13(18)14(12)15(22)21-9-5-11(6-10-21)23-16-19-7-2-8-20-16/h1-4,7-8,11H,5-6,9-10H2. The smallest absolute Gasteiger partial charge is 0.316 e. The summed E-state index contributed by atoms with van der Waals surface area (Å²) >= 11 is 5.95. The molecule has 0 atom stereocenters. The molecule has 0 N–H and O–H groups in total. The van der Waals surface area contributed by atoms with Crippen LogP contribution in [-0.4, -0.2) is 40.0 Å². The average molecular weight is 336 g/mol. The third-order valence-corrected chi connectivity index (χ3v) is 4.03. The summed E-state index contributed by atoms with van der Waals surface area (Å²) in [6.45, 7) is 0.946. The van der Waals surface area contributed by atoms with Crippen molar-refractivity contribution in [2.45, 2.75) is 18.9 Å². The van der Waals surface area contributed by atoms with Gasteiger partial charge in [0.1, 0.15) is 11.9 Å². The van der Waals surface area contributed by atoms with E-state index in [-0.39, 0.29) is 22.6 Å². The Bertz CT molecular complexity index is 671. The molecule has 1 aliphatic rings. The maximum atomic E-state index is 13.8. The van der Waals surface area contributed by atoms with Gasteiger partial charge in [0.2, 0.25) is 0 Å². The van der Waals surface area contributed by atoms with Gasteiger partial charge in [0.25, 0.3) is 5.91 Å². The van der Waals surface area contributed by atoms with E-state index in [1.165, 1.54) is 18.2 Å². The van der Waals surface area contributed by atoms with Crippen molar-refractivity contribution in [3.8, 4) is 6.01 Å². The molecule has 3 rings (SSSR count). The molecule has 1 fully saturated rings. The highest BCUT2D eigenvalue weighted by Gasteiger charge is 2.27. The van der Waals surface area contributed by atoms with E-state index in [2.05, 4.69) is 9.97 Å². The summed E-state index contributed by atoms with van der Waals surface area (Å²) in [7, 11) is 0. The Morgan fingerprint density at radius 2 is 1.91 bits per heavy atom. The molecule has 0 unspecified atom stereocenters. The number of likely N-dealkylation sites (tertiary alicyclic amines) is 1. The fourth-order valence-corrected chi connectivity index (χ4v) is 2.78. The van der Waals surface area contributed by atoms with Crippen molar-refractivity contribution in [2.75, 3.05) is 13.1 Å². The van der Waals surface area contributed by atoms with Crippen LogP contribution in [0.15, 0.2) is 36.7 Å². The Morgan fingerprint density at radius 3 is 2.57 bits per heavy atom. The lowest BCUT2D eigenvalue weighted by Crippen LogP contribution is -2.42. The SMILES string of the molecule is O=C(c1c(F)cccc1Cl)N1CCC(Oc2ncccn2)CC1. The zero-order chi connectivity index (χ0) is 16.2. The number of amides is 1. The lowest BCUT2D eigenvalue weighted by Gasteiger charge is -2.31. The molecular formula is C16H15ClFN3O2. The van der Waals surface area contributed by atoms with Gasteiger partial charge < -0.3 is 9.64 Å². The highest BCUT2D eigenvalue weighted by Crippen LogP contribution is 2.23. The number of piperidine rings is 1. The second-order valence-electron chi connectivity index (χ2n) is 5.24. The highest BCUT2D eigenvalue weighted by molar-refractivity contribution is 6.33. The fraction of sp³-hybridized carbons (Fsp3) is 0.312. The van der Waals surface area contributed by atoms with Crippen LogP contribution in [0, 0.1) is 5.82 Å². The number of hydrogen-bond donors (Lipinski definition) is 0. The summed E-state index contributed by atoms with van der Waals surface area (Å²) in [5, 5.41) is 0.131. The molecule has 5 nitrogen and oxygen atoms in total. The molecule has 1 aliphatic heterocycles. The first-order valence-electron chi connectivity index (χ1n) is 7.32. The number of carbonyl (C=O) groups excluding carboxylic acids is 1. The first-order chi connectivity index (χ1) is 11.1. The Kier molecular flexibility index (Phi) is 4.71. The molecule has 0 saturated carbocycles. The van der Waals surface area contributed by atoms with Crippen LogP contribution < -0.4 is 4.74 Å². The fourth-order valence-electron chi connectivity index (χ4n) is 2.53. The van der Waals surface area contributed by atoms with E-state index in [0.29, 0.717) is 31.9 Å². The number of aromatic nitrogens is 2. The van der Waals surface area contributed by atoms with E-state index in [0.717, 1.165) is 0 Å². The average Bonchev–Trinajstić information content (AvgIpc) is 2.56. The van der Waals surface area contributed by atoms with Gasteiger partial charge in [-0.2, -0.15) is 0 Å². The van der Waals surface area contributed by atoms with E-state index < -0.39 is 5.82 Å². The van der Waals surface area contributed by atoms with Gasteiger partial charge in [-0.15, -0.1) is 0 Å². The minimum Gasteiger partial charge on any atom is -0.460 e. The predicted octanol–water partition coefficient (Wildman–Crippen LogP) is 2.95. The first-order valence-corrected chi connectivity index (χ1v) is 7.70. The quantitative estimate of drug-likeness (QED) is 0.865. The number of ether oxygens (including phenoxy) is 1. The van der Waals surface area contributed by atoms with E-state index in [4.69, 9.17) is 16.3 Å². The van der Waals surface area contributed by atoms with Crippen LogP contribution in [0.2, 0.25) is 5.02 Å². The molecule has 2 heterocycles. The zero-order valence-corrected chi connectivity index (χ0v) is 13.0. The molecular weight excluding hydrogens is 321 g/mol. The van der Waals surface area contributed by atoms with Gasteiger partial charge in [-0.1, -0.05) is 17.7 Å². The summed E-state index contributed by atoms with van der Waals surface area (Å²) < 4.78 is 19.5. The van der Waals surface area contributed by atoms with Crippen molar-refractivity contribution >= 4 is 17.5 Å². The summed E-state index contributed by atoms with van der Waals surface area (Å²) in [5.74, 6) is -0.985. The molecule has 0 bridgehead atoms. The molecule has 1 aromatic carbocycles. The summed E-state index contributed by atoms with van der Waals surface area (Å²) in [6, 6.07) is 6.28. The molecule has 1 saturated heterocycles. The lowest BCUT2D eigenvalue weighted by atomic mass is 10.1. The number of carbonyl (C=O) groups is 1. The zero-order valence-electron chi connectivity index (χ0n) is 12.3. The van der Waals surface area contributed by atoms with E-state index >= 15 is 0 Å². The second kappa shape index (κ2) is 6.91. The van der Waals surface area contributed by atoms with Gasteiger partial charge in [-0.25, -0.2) is 14.4 Å². The van der Waals surface area contributed by atoms with Crippen molar-refractivity contribution in [1.29, 1.82) is 0 Å². The number of rotatable bonds is 3. The maximum absolute atomic E-state index is 13.8. The van der Waals surface area contributed by atoms with Gasteiger partial charge in [0.15, 0.2) is 0 Å². The largest absolute Gasteiger partial charge is 0.460 e. The number of benzene rings is 1. The normalized spacial score (nSPS) is 15.5. The first kappa shape index (κ1) is 15.7. The Hall–Kier alpha value is -2.21. The number of nitrogens with zero attached hydrogens (tertiary/aromatic N) is 3. The molecule has 7 heteroatoms.